The molecule has 3 nitrogen and oxygen atoms in total. The average Bonchev–Trinajstić information content (AvgIpc) is 2.65. The Morgan fingerprint density at radius 1 is 1.11 bits per heavy atom. The summed E-state index contributed by atoms with van der Waals surface area (Å²) in [6, 6.07) is 8.17. The molecule has 0 radical (unpaired) electrons. The summed E-state index contributed by atoms with van der Waals surface area (Å²) in [4.78, 5) is 13.5. The Kier molecular flexibility index (Phi) is 4.84. The quantitative estimate of drug-likeness (QED) is 0.616. The molecule has 1 amide bonds. The molecule has 1 aromatic carbocycles. The lowest BCUT2D eigenvalue weighted by Gasteiger charge is -2.59. The van der Waals surface area contributed by atoms with Crippen molar-refractivity contribution in [3.8, 4) is 0 Å². The number of rotatable bonds is 4. The third-order valence-corrected chi connectivity index (χ3v) is 9.15. The molecule has 4 aliphatic carbocycles. The van der Waals surface area contributed by atoms with E-state index in [1.165, 1.54) is 24.8 Å². The van der Waals surface area contributed by atoms with Gasteiger partial charge in [0.15, 0.2) is 0 Å². The zero-order chi connectivity index (χ0) is 19.4. The minimum Gasteiger partial charge on any atom is -0.381 e. The molecule has 6 rings (SSSR count). The highest BCUT2D eigenvalue weighted by atomic mass is 79.9. The van der Waals surface area contributed by atoms with Crippen molar-refractivity contribution in [1.82, 2.24) is 5.32 Å². The molecule has 2 unspecified atom stereocenters. The largest absolute Gasteiger partial charge is 0.381 e. The second-order valence-electron chi connectivity index (χ2n) is 9.97. The number of nitrogens with one attached hydrogen (secondary N) is 1. The molecule has 5 fully saturated rings. The van der Waals surface area contributed by atoms with Crippen LogP contribution in [0, 0.1) is 17.3 Å². The van der Waals surface area contributed by atoms with Crippen LogP contribution in [0.2, 0.25) is 5.02 Å². The minimum atomic E-state index is -0.153. The molecular formula is C23H29BrClNO2. The molecule has 0 spiro atoms. The highest BCUT2D eigenvalue weighted by Gasteiger charge is 2.59. The average molecular weight is 467 g/mol. The van der Waals surface area contributed by atoms with Crippen LogP contribution in [-0.4, -0.2) is 30.0 Å². The van der Waals surface area contributed by atoms with Crippen molar-refractivity contribution in [3.05, 3.63) is 34.9 Å². The second-order valence-corrected chi connectivity index (χ2v) is 12.1. The van der Waals surface area contributed by atoms with Crippen LogP contribution in [0.5, 0.6) is 0 Å². The maximum absolute atomic E-state index is 13.5. The van der Waals surface area contributed by atoms with Crippen LogP contribution in [0.3, 0.4) is 0 Å². The summed E-state index contributed by atoms with van der Waals surface area (Å²) in [5.41, 5.74) is 1.07. The summed E-state index contributed by atoms with van der Waals surface area (Å²) in [6.45, 7) is 2.19. The van der Waals surface area contributed by atoms with Gasteiger partial charge in [0.1, 0.15) is 0 Å². The van der Waals surface area contributed by atoms with E-state index in [9.17, 15) is 4.79 Å². The SMILES string of the molecule is O=C(NCC1(c2ccc(Cl)cc2)CCOCC1)C12CC3CC(CC(Br)(C3)C1)C2. The highest BCUT2D eigenvalue weighted by molar-refractivity contribution is 9.10. The number of halogens is 2. The molecule has 152 valence electrons. The van der Waals surface area contributed by atoms with Gasteiger partial charge in [-0.05, 0) is 80.9 Å². The van der Waals surface area contributed by atoms with Crippen molar-refractivity contribution in [3.63, 3.8) is 0 Å². The van der Waals surface area contributed by atoms with Crippen LogP contribution in [-0.2, 0) is 14.9 Å². The fraction of sp³-hybridized carbons (Fsp3) is 0.696. The maximum Gasteiger partial charge on any atom is 0.226 e. The number of hydrogen-bond donors (Lipinski definition) is 1. The number of hydrogen-bond acceptors (Lipinski definition) is 2. The Hall–Kier alpha value is -0.580. The van der Waals surface area contributed by atoms with Gasteiger partial charge < -0.3 is 10.1 Å². The Labute approximate surface area is 181 Å². The predicted molar refractivity (Wildman–Crippen MR) is 115 cm³/mol. The van der Waals surface area contributed by atoms with Gasteiger partial charge in [-0.1, -0.05) is 39.7 Å². The molecule has 1 aliphatic heterocycles. The van der Waals surface area contributed by atoms with E-state index in [4.69, 9.17) is 16.3 Å². The van der Waals surface area contributed by atoms with E-state index in [1.807, 2.05) is 12.1 Å². The summed E-state index contributed by atoms with van der Waals surface area (Å²) in [7, 11) is 0. The number of carbonyl (C=O) groups excluding carboxylic acids is 1. The van der Waals surface area contributed by atoms with Crippen LogP contribution in [0.1, 0.15) is 56.9 Å². The molecule has 5 heteroatoms. The monoisotopic (exact) mass is 465 g/mol. The van der Waals surface area contributed by atoms with Gasteiger partial charge in [-0.25, -0.2) is 0 Å². The number of ether oxygens (including phenoxy) is 1. The molecule has 1 aromatic rings. The standard InChI is InChI=1S/C23H29BrClNO2/c24-23-12-16-9-17(13-23)11-22(10-16,14-23)20(27)26-15-21(5-7-28-8-6-21)18-1-3-19(25)4-2-18/h1-4,16-17H,5-15H2,(H,26,27). The fourth-order valence-electron chi connectivity index (χ4n) is 6.99. The van der Waals surface area contributed by atoms with Crippen LogP contribution in [0.25, 0.3) is 0 Å². The van der Waals surface area contributed by atoms with Gasteiger partial charge in [0.2, 0.25) is 5.91 Å². The molecule has 1 saturated heterocycles. The Balaban J connectivity index is 1.35. The minimum absolute atomic E-state index is 0.0487. The molecule has 28 heavy (non-hydrogen) atoms. The van der Waals surface area contributed by atoms with E-state index in [0.29, 0.717) is 12.5 Å². The molecule has 1 N–H and O–H groups in total. The van der Waals surface area contributed by atoms with Crippen molar-refractivity contribution in [2.24, 2.45) is 17.3 Å². The Morgan fingerprint density at radius 2 is 1.75 bits per heavy atom. The van der Waals surface area contributed by atoms with Gasteiger partial charge in [0.25, 0.3) is 0 Å². The lowest BCUT2D eigenvalue weighted by Crippen LogP contribution is -2.59. The van der Waals surface area contributed by atoms with Gasteiger partial charge >= 0.3 is 0 Å². The van der Waals surface area contributed by atoms with Gasteiger partial charge in [-0.2, -0.15) is 0 Å². The topological polar surface area (TPSA) is 38.3 Å². The summed E-state index contributed by atoms with van der Waals surface area (Å²) in [6.07, 6.45) is 8.89. The maximum atomic E-state index is 13.5. The first-order valence-corrected chi connectivity index (χ1v) is 11.9. The van der Waals surface area contributed by atoms with Crippen LogP contribution >= 0.6 is 27.5 Å². The molecular weight excluding hydrogens is 438 g/mol. The molecule has 1 heterocycles. The first kappa shape index (κ1) is 19.4. The normalized spacial score (nSPS) is 38.4. The lowest BCUT2D eigenvalue weighted by molar-refractivity contribution is -0.144. The summed E-state index contributed by atoms with van der Waals surface area (Å²) < 4.78 is 5.85. The van der Waals surface area contributed by atoms with Crippen LogP contribution in [0.15, 0.2) is 24.3 Å². The van der Waals surface area contributed by atoms with Crippen LogP contribution in [0.4, 0.5) is 0 Å². The molecule has 0 aromatic heterocycles. The zero-order valence-electron chi connectivity index (χ0n) is 16.3. The van der Waals surface area contributed by atoms with E-state index in [2.05, 4.69) is 33.4 Å². The van der Waals surface area contributed by atoms with Crippen molar-refractivity contribution in [2.45, 2.75) is 61.1 Å². The van der Waals surface area contributed by atoms with Crippen molar-refractivity contribution >= 4 is 33.4 Å². The summed E-state index contributed by atoms with van der Waals surface area (Å²) in [5.74, 6) is 1.74. The molecule has 4 bridgehead atoms. The zero-order valence-corrected chi connectivity index (χ0v) is 18.7. The Bertz CT molecular complexity index is 744. The van der Waals surface area contributed by atoms with Gasteiger partial charge in [-0.3, -0.25) is 4.79 Å². The van der Waals surface area contributed by atoms with E-state index in [0.717, 1.165) is 62.2 Å². The van der Waals surface area contributed by atoms with Crippen molar-refractivity contribution in [2.75, 3.05) is 19.8 Å². The van der Waals surface area contributed by atoms with E-state index < -0.39 is 0 Å². The predicted octanol–water partition coefficient (Wildman–Crippen LogP) is 5.24. The first-order valence-electron chi connectivity index (χ1n) is 10.7. The number of alkyl halides is 1. The summed E-state index contributed by atoms with van der Waals surface area (Å²) in [5, 5.41) is 4.19. The van der Waals surface area contributed by atoms with E-state index in [1.54, 1.807) is 0 Å². The number of carbonyl (C=O) groups is 1. The molecule has 2 atom stereocenters. The highest BCUT2D eigenvalue weighted by Crippen LogP contribution is 2.64. The first-order chi connectivity index (χ1) is 13.4. The van der Waals surface area contributed by atoms with E-state index in [-0.39, 0.29) is 15.2 Å². The number of benzene rings is 1. The summed E-state index contributed by atoms with van der Waals surface area (Å²) >= 11 is 10.1. The van der Waals surface area contributed by atoms with Gasteiger partial charge in [0.05, 0.1) is 5.41 Å². The number of amides is 1. The third kappa shape index (κ3) is 3.33. The van der Waals surface area contributed by atoms with Crippen molar-refractivity contribution < 1.29 is 9.53 Å². The smallest absolute Gasteiger partial charge is 0.226 e. The molecule has 4 saturated carbocycles. The van der Waals surface area contributed by atoms with Crippen molar-refractivity contribution in [1.29, 1.82) is 0 Å². The fourth-order valence-corrected chi connectivity index (χ4v) is 8.56. The molecule has 5 aliphatic rings. The second kappa shape index (κ2) is 6.99. The Morgan fingerprint density at radius 3 is 2.36 bits per heavy atom. The van der Waals surface area contributed by atoms with E-state index >= 15 is 0 Å². The third-order valence-electron chi connectivity index (χ3n) is 7.97. The lowest BCUT2D eigenvalue weighted by atomic mass is 9.49. The van der Waals surface area contributed by atoms with Gasteiger partial charge in [-0.15, -0.1) is 0 Å². The van der Waals surface area contributed by atoms with Crippen LogP contribution < -0.4 is 5.32 Å². The van der Waals surface area contributed by atoms with Gasteiger partial charge in [0, 0.05) is 34.5 Å².